The summed E-state index contributed by atoms with van der Waals surface area (Å²) in [7, 11) is 1.81. The van der Waals surface area contributed by atoms with Crippen molar-refractivity contribution in [2.45, 2.75) is 19.4 Å². The first kappa shape index (κ1) is 16.4. The second kappa shape index (κ2) is 7.85. The second-order valence-corrected chi connectivity index (χ2v) is 5.72. The van der Waals surface area contributed by atoms with Gasteiger partial charge in [0.1, 0.15) is 5.75 Å². The zero-order chi connectivity index (χ0) is 15.9. The van der Waals surface area contributed by atoms with E-state index in [-0.39, 0.29) is 18.6 Å². The molecule has 22 heavy (non-hydrogen) atoms. The fourth-order valence-corrected chi connectivity index (χ4v) is 2.24. The second-order valence-electron chi connectivity index (χ2n) is 5.29. The van der Waals surface area contributed by atoms with Crippen molar-refractivity contribution in [2.24, 2.45) is 0 Å². The number of amides is 1. The van der Waals surface area contributed by atoms with Crippen LogP contribution in [-0.4, -0.2) is 30.5 Å². The molecule has 0 fully saturated rings. The molecule has 0 spiro atoms. The summed E-state index contributed by atoms with van der Waals surface area (Å²) in [6.45, 7) is 2.06. The van der Waals surface area contributed by atoms with E-state index in [0.717, 1.165) is 6.42 Å². The highest BCUT2D eigenvalue weighted by atomic mass is 35.5. The van der Waals surface area contributed by atoms with Gasteiger partial charge < -0.3 is 9.64 Å². The van der Waals surface area contributed by atoms with Crippen LogP contribution in [0.1, 0.15) is 12.5 Å². The summed E-state index contributed by atoms with van der Waals surface area (Å²) in [5, 5.41) is 0.646. The molecule has 116 valence electrons. The number of benzene rings is 2. The number of rotatable bonds is 6. The lowest BCUT2D eigenvalue weighted by Crippen LogP contribution is -2.39. The predicted octanol–water partition coefficient (Wildman–Crippen LogP) is 3.81. The topological polar surface area (TPSA) is 29.5 Å². The number of nitrogens with zero attached hydrogens (tertiary/aromatic N) is 1. The molecule has 1 amide bonds. The van der Waals surface area contributed by atoms with Gasteiger partial charge in [-0.1, -0.05) is 41.9 Å². The van der Waals surface area contributed by atoms with Crippen LogP contribution in [0.25, 0.3) is 0 Å². The van der Waals surface area contributed by atoms with E-state index in [1.54, 1.807) is 36.2 Å². The quantitative estimate of drug-likeness (QED) is 0.811. The molecule has 2 aromatic carbocycles. The molecule has 0 aromatic heterocycles. The van der Waals surface area contributed by atoms with E-state index in [1.165, 1.54) is 5.56 Å². The average molecular weight is 318 g/mol. The first-order valence-electron chi connectivity index (χ1n) is 7.24. The maximum absolute atomic E-state index is 12.2. The third kappa shape index (κ3) is 4.78. The maximum atomic E-state index is 12.2. The van der Waals surface area contributed by atoms with E-state index in [4.69, 9.17) is 16.3 Å². The fourth-order valence-electron chi connectivity index (χ4n) is 2.12. The molecule has 0 N–H and O–H groups in total. The maximum Gasteiger partial charge on any atom is 0.260 e. The Morgan fingerprint density at radius 3 is 2.41 bits per heavy atom. The number of hydrogen-bond acceptors (Lipinski definition) is 2. The molecule has 0 aliphatic heterocycles. The molecule has 1 unspecified atom stereocenters. The van der Waals surface area contributed by atoms with Crippen LogP contribution >= 0.6 is 11.6 Å². The van der Waals surface area contributed by atoms with Gasteiger partial charge in [-0.05, 0) is 43.2 Å². The molecule has 0 aliphatic rings. The number of hydrogen-bond donors (Lipinski definition) is 0. The smallest absolute Gasteiger partial charge is 0.260 e. The van der Waals surface area contributed by atoms with Crippen LogP contribution in [0.15, 0.2) is 54.6 Å². The van der Waals surface area contributed by atoms with Gasteiger partial charge in [0.25, 0.3) is 5.91 Å². The third-order valence-corrected chi connectivity index (χ3v) is 3.86. The van der Waals surface area contributed by atoms with E-state index in [0.29, 0.717) is 10.8 Å². The molecular weight excluding hydrogens is 298 g/mol. The Morgan fingerprint density at radius 2 is 1.77 bits per heavy atom. The molecular formula is C18H20ClNO2. The Balaban J connectivity index is 1.84. The van der Waals surface area contributed by atoms with Crippen LogP contribution in [-0.2, 0) is 11.2 Å². The predicted molar refractivity (Wildman–Crippen MR) is 89.3 cm³/mol. The van der Waals surface area contributed by atoms with E-state index in [2.05, 4.69) is 12.1 Å². The van der Waals surface area contributed by atoms with Crippen LogP contribution in [0.2, 0.25) is 5.02 Å². The van der Waals surface area contributed by atoms with Crippen molar-refractivity contribution in [3.8, 4) is 5.75 Å². The van der Waals surface area contributed by atoms with Crippen molar-refractivity contribution in [3.63, 3.8) is 0 Å². The van der Waals surface area contributed by atoms with Gasteiger partial charge in [-0.2, -0.15) is 0 Å². The molecule has 2 aromatic rings. The van der Waals surface area contributed by atoms with Crippen molar-refractivity contribution in [2.75, 3.05) is 13.7 Å². The van der Waals surface area contributed by atoms with Crippen LogP contribution < -0.4 is 4.74 Å². The van der Waals surface area contributed by atoms with Crippen molar-refractivity contribution in [1.82, 2.24) is 4.90 Å². The van der Waals surface area contributed by atoms with Gasteiger partial charge in [0, 0.05) is 18.1 Å². The van der Waals surface area contributed by atoms with E-state index in [1.807, 2.05) is 25.1 Å². The number of carbonyl (C=O) groups excluding carboxylic acids is 1. The van der Waals surface area contributed by atoms with E-state index >= 15 is 0 Å². The van der Waals surface area contributed by atoms with Gasteiger partial charge >= 0.3 is 0 Å². The van der Waals surface area contributed by atoms with Crippen molar-refractivity contribution in [3.05, 3.63) is 65.2 Å². The summed E-state index contributed by atoms with van der Waals surface area (Å²) >= 11 is 5.81. The molecule has 0 bridgehead atoms. The highest BCUT2D eigenvalue weighted by molar-refractivity contribution is 6.30. The fraction of sp³-hybridized carbons (Fsp3) is 0.278. The number of halogens is 1. The molecule has 0 heterocycles. The molecule has 0 radical (unpaired) electrons. The Labute approximate surface area is 136 Å². The lowest BCUT2D eigenvalue weighted by molar-refractivity contribution is -0.133. The minimum atomic E-state index is -0.0432. The Bertz CT molecular complexity index is 598. The lowest BCUT2D eigenvalue weighted by Gasteiger charge is -2.25. The molecule has 1 atom stereocenters. The summed E-state index contributed by atoms with van der Waals surface area (Å²) < 4.78 is 5.49. The zero-order valence-electron chi connectivity index (χ0n) is 12.8. The van der Waals surface area contributed by atoms with Crippen LogP contribution in [0, 0.1) is 0 Å². The summed E-state index contributed by atoms with van der Waals surface area (Å²) in [6.07, 6.45) is 0.823. The average Bonchev–Trinajstić information content (AvgIpc) is 2.54. The van der Waals surface area contributed by atoms with Gasteiger partial charge in [0.05, 0.1) is 0 Å². The zero-order valence-corrected chi connectivity index (χ0v) is 13.6. The van der Waals surface area contributed by atoms with E-state index in [9.17, 15) is 4.79 Å². The summed E-state index contributed by atoms with van der Waals surface area (Å²) in [6, 6.07) is 17.2. The number of ether oxygens (including phenoxy) is 1. The standard InChI is InChI=1S/C18H20ClNO2/c1-14(12-15-6-4-3-5-7-15)20(2)18(21)13-22-17-10-8-16(19)9-11-17/h3-11,14H,12-13H2,1-2H3. The Hall–Kier alpha value is -2.00. The van der Waals surface area contributed by atoms with E-state index < -0.39 is 0 Å². The van der Waals surface area contributed by atoms with Crippen LogP contribution in [0.4, 0.5) is 0 Å². The molecule has 0 aliphatic carbocycles. The van der Waals surface area contributed by atoms with Crippen LogP contribution in [0.3, 0.4) is 0 Å². The number of likely N-dealkylation sites (N-methyl/N-ethyl adjacent to an activating group) is 1. The Kier molecular flexibility index (Phi) is 5.84. The largest absolute Gasteiger partial charge is 0.484 e. The lowest BCUT2D eigenvalue weighted by atomic mass is 10.1. The van der Waals surface area contributed by atoms with Gasteiger partial charge in [-0.25, -0.2) is 0 Å². The third-order valence-electron chi connectivity index (χ3n) is 3.60. The molecule has 0 saturated carbocycles. The van der Waals surface area contributed by atoms with Crippen molar-refractivity contribution >= 4 is 17.5 Å². The minimum absolute atomic E-state index is 0.0251. The van der Waals surface area contributed by atoms with Crippen molar-refractivity contribution in [1.29, 1.82) is 0 Å². The first-order valence-corrected chi connectivity index (χ1v) is 7.62. The van der Waals surface area contributed by atoms with Gasteiger partial charge in [0.15, 0.2) is 6.61 Å². The molecule has 0 saturated heterocycles. The SMILES string of the molecule is CC(Cc1ccccc1)N(C)C(=O)COc1ccc(Cl)cc1. The first-order chi connectivity index (χ1) is 10.6. The Morgan fingerprint density at radius 1 is 1.14 bits per heavy atom. The normalized spacial score (nSPS) is 11.8. The number of carbonyl (C=O) groups is 1. The van der Waals surface area contributed by atoms with Gasteiger partial charge in [-0.15, -0.1) is 0 Å². The highest BCUT2D eigenvalue weighted by Gasteiger charge is 2.16. The molecule has 2 rings (SSSR count). The monoisotopic (exact) mass is 317 g/mol. The molecule has 3 nitrogen and oxygen atoms in total. The van der Waals surface area contributed by atoms with Crippen LogP contribution in [0.5, 0.6) is 5.75 Å². The summed E-state index contributed by atoms with van der Waals surface area (Å²) in [5.74, 6) is 0.597. The summed E-state index contributed by atoms with van der Waals surface area (Å²) in [4.78, 5) is 13.9. The van der Waals surface area contributed by atoms with Gasteiger partial charge in [-0.3, -0.25) is 4.79 Å². The minimum Gasteiger partial charge on any atom is -0.484 e. The molecule has 4 heteroatoms. The highest BCUT2D eigenvalue weighted by Crippen LogP contribution is 2.15. The van der Waals surface area contributed by atoms with Gasteiger partial charge in [0.2, 0.25) is 0 Å². The summed E-state index contributed by atoms with van der Waals surface area (Å²) in [5.41, 5.74) is 1.22. The van der Waals surface area contributed by atoms with Crippen molar-refractivity contribution < 1.29 is 9.53 Å².